The molecule has 0 aliphatic rings. The Hall–Kier alpha value is -1.79. The van der Waals surface area contributed by atoms with Crippen molar-refractivity contribution in [2.24, 2.45) is 0 Å². The second kappa shape index (κ2) is 4.71. The number of rotatable bonds is 2. The van der Waals surface area contributed by atoms with Gasteiger partial charge in [0.15, 0.2) is 5.15 Å². The molecular formula is C12H9ClN4OS. The van der Waals surface area contributed by atoms with Gasteiger partial charge in [0.2, 0.25) is 0 Å². The maximum atomic E-state index is 5.88. The van der Waals surface area contributed by atoms with Crippen molar-refractivity contribution in [1.82, 2.24) is 20.2 Å². The molecule has 0 radical (unpaired) electrons. The van der Waals surface area contributed by atoms with Gasteiger partial charge in [0.05, 0.1) is 7.11 Å². The molecular weight excluding hydrogens is 284 g/mol. The third-order valence-corrected chi connectivity index (χ3v) is 4.17. The number of nitrogens with zero attached hydrogens (tertiary/aromatic N) is 4. The summed E-state index contributed by atoms with van der Waals surface area (Å²) in [7, 11) is 1.54. The van der Waals surface area contributed by atoms with Gasteiger partial charge >= 0.3 is 6.01 Å². The van der Waals surface area contributed by atoms with Crippen molar-refractivity contribution < 1.29 is 4.74 Å². The number of hydrogen-bond acceptors (Lipinski definition) is 6. The van der Waals surface area contributed by atoms with Crippen molar-refractivity contribution in [2.45, 2.75) is 6.92 Å². The first-order valence-electron chi connectivity index (χ1n) is 5.48. The van der Waals surface area contributed by atoms with Crippen LogP contribution in [0.2, 0.25) is 5.15 Å². The third kappa shape index (κ3) is 2.13. The van der Waals surface area contributed by atoms with Crippen LogP contribution in [-0.4, -0.2) is 27.3 Å². The monoisotopic (exact) mass is 292 g/mol. The number of thiophene rings is 1. The molecule has 3 aromatic heterocycles. The summed E-state index contributed by atoms with van der Waals surface area (Å²) in [5, 5.41) is 9.35. The van der Waals surface area contributed by atoms with Crippen LogP contribution in [0.1, 0.15) is 5.56 Å². The molecule has 0 aromatic carbocycles. The van der Waals surface area contributed by atoms with E-state index >= 15 is 0 Å². The zero-order chi connectivity index (χ0) is 13.4. The van der Waals surface area contributed by atoms with Gasteiger partial charge < -0.3 is 4.74 Å². The van der Waals surface area contributed by atoms with Gasteiger partial charge in [0.1, 0.15) is 4.83 Å². The molecule has 0 amide bonds. The highest BCUT2D eigenvalue weighted by Gasteiger charge is 2.13. The van der Waals surface area contributed by atoms with Crippen LogP contribution in [0.4, 0.5) is 0 Å². The number of ether oxygens (including phenoxy) is 1. The Labute approximate surface area is 118 Å². The summed E-state index contributed by atoms with van der Waals surface area (Å²) in [6.45, 7) is 2.02. The Morgan fingerprint density at radius 3 is 2.63 bits per heavy atom. The first-order valence-corrected chi connectivity index (χ1v) is 6.67. The van der Waals surface area contributed by atoms with E-state index in [0.29, 0.717) is 11.2 Å². The van der Waals surface area contributed by atoms with Gasteiger partial charge in [-0.25, -0.2) is 9.97 Å². The van der Waals surface area contributed by atoms with E-state index < -0.39 is 0 Å². The molecule has 0 atom stereocenters. The topological polar surface area (TPSA) is 60.8 Å². The van der Waals surface area contributed by atoms with Gasteiger partial charge in [-0.2, -0.15) is 0 Å². The molecule has 0 spiro atoms. The summed E-state index contributed by atoms with van der Waals surface area (Å²) in [6, 6.07) is 2.18. The predicted octanol–water partition coefficient (Wildman–Crippen LogP) is 3.12. The van der Waals surface area contributed by atoms with Crippen LogP contribution in [0.5, 0.6) is 6.01 Å². The second-order valence-electron chi connectivity index (χ2n) is 3.90. The zero-order valence-corrected chi connectivity index (χ0v) is 11.8. The van der Waals surface area contributed by atoms with E-state index in [-0.39, 0.29) is 0 Å². The smallest absolute Gasteiger partial charge is 0.316 e. The SMILES string of the molecule is COc1ncc(-c2sc3nnc(Cl)cc3c2C)cn1. The van der Waals surface area contributed by atoms with Crippen molar-refractivity contribution in [1.29, 1.82) is 0 Å². The lowest BCUT2D eigenvalue weighted by molar-refractivity contribution is 0.380. The normalized spacial score (nSPS) is 10.9. The lowest BCUT2D eigenvalue weighted by atomic mass is 10.1. The molecule has 3 aromatic rings. The van der Waals surface area contributed by atoms with Crippen molar-refractivity contribution in [3.05, 3.63) is 29.2 Å². The minimum Gasteiger partial charge on any atom is -0.467 e. The quantitative estimate of drug-likeness (QED) is 0.726. The molecule has 0 unspecified atom stereocenters. The molecule has 19 heavy (non-hydrogen) atoms. The van der Waals surface area contributed by atoms with Crippen molar-refractivity contribution in [2.75, 3.05) is 7.11 Å². The molecule has 3 rings (SSSR count). The lowest BCUT2D eigenvalue weighted by Gasteiger charge is -2.00. The first-order chi connectivity index (χ1) is 9.19. The Morgan fingerprint density at radius 2 is 1.95 bits per heavy atom. The zero-order valence-electron chi connectivity index (χ0n) is 10.2. The number of aromatic nitrogens is 4. The van der Waals surface area contributed by atoms with Gasteiger partial charge in [-0.1, -0.05) is 11.6 Å². The fourth-order valence-corrected chi connectivity index (χ4v) is 3.04. The summed E-state index contributed by atoms with van der Waals surface area (Å²) >= 11 is 7.42. The van der Waals surface area contributed by atoms with Crippen LogP contribution >= 0.6 is 22.9 Å². The highest BCUT2D eigenvalue weighted by Crippen LogP contribution is 2.37. The Morgan fingerprint density at radius 1 is 1.21 bits per heavy atom. The summed E-state index contributed by atoms with van der Waals surface area (Å²) in [5.74, 6) is 0. The predicted molar refractivity (Wildman–Crippen MR) is 74.7 cm³/mol. The van der Waals surface area contributed by atoms with Crippen molar-refractivity contribution in [3.63, 3.8) is 0 Å². The molecule has 0 fully saturated rings. The van der Waals surface area contributed by atoms with E-state index in [1.54, 1.807) is 23.7 Å². The van der Waals surface area contributed by atoms with Gasteiger partial charge in [0.25, 0.3) is 0 Å². The first kappa shape index (κ1) is 12.3. The third-order valence-electron chi connectivity index (χ3n) is 2.75. The van der Waals surface area contributed by atoms with Crippen LogP contribution in [0.15, 0.2) is 18.5 Å². The molecule has 0 saturated carbocycles. The van der Waals surface area contributed by atoms with Crippen LogP contribution in [-0.2, 0) is 0 Å². The molecule has 0 aliphatic heterocycles. The van der Waals surface area contributed by atoms with Crippen LogP contribution in [0.3, 0.4) is 0 Å². The van der Waals surface area contributed by atoms with Crippen molar-refractivity contribution in [3.8, 4) is 16.5 Å². The minimum atomic E-state index is 0.352. The second-order valence-corrected chi connectivity index (χ2v) is 5.29. The molecule has 0 N–H and O–H groups in total. The lowest BCUT2D eigenvalue weighted by Crippen LogP contribution is -1.91. The largest absolute Gasteiger partial charge is 0.467 e. The van der Waals surface area contributed by atoms with Gasteiger partial charge in [0, 0.05) is 28.2 Å². The maximum Gasteiger partial charge on any atom is 0.316 e. The van der Waals surface area contributed by atoms with Crippen LogP contribution < -0.4 is 4.74 Å². The van der Waals surface area contributed by atoms with E-state index in [0.717, 1.165) is 26.2 Å². The van der Waals surface area contributed by atoms with Gasteiger partial charge in [-0.3, -0.25) is 0 Å². The fourth-order valence-electron chi connectivity index (χ4n) is 1.81. The van der Waals surface area contributed by atoms with Crippen LogP contribution in [0.25, 0.3) is 20.7 Å². The molecule has 3 heterocycles. The van der Waals surface area contributed by atoms with E-state index in [4.69, 9.17) is 16.3 Å². The van der Waals surface area contributed by atoms with Gasteiger partial charge in [-0.05, 0) is 18.6 Å². The van der Waals surface area contributed by atoms with E-state index in [9.17, 15) is 0 Å². The molecule has 7 heteroatoms. The molecule has 0 aliphatic carbocycles. The average Bonchev–Trinajstić information content (AvgIpc) is 2.76. The van der Waals surface area contributed by atoms with E-state index in [1.807, 2.05) is 13.0 Å². The van der Waals surface area contributed by atoms with E-state index in [2.05, 4.69) is 20.2 Å². The molecule has 0 bridgehead atoms. The summed E-state index contributed by atoms with van der Waals surface area (Å²) < 4.78 is 4.95. The number of hydrogen-bond donors (Lipinski definition) is 0. The van der Waals surface area contributed by atoms with Gasteiger partial charge in [-0.15, -0.1) is 21.5 Å². The Bertz CT molecular complexity index is 741. The number of methoxy groups -OCH3 is 1. The highest BCUT2D eigenvalue weighted by molar-refractivity contribution is 7.22. The maximum absolute atomic E-state index is 5.88. The average molecular weight is 293 g/mol. The number of halogens is 1. The van der Waals surface area contributed by atoms with Crippen molar-refractivity contribution >= 4 is 33.2 Å². The summed E-state index contributed by atoms with van der Waals surface area (Å²) in [6.07, 6.45) is 3.47. The summed E-state index contributed by atoms with van der Waals surface area (Å²) in [4.78, 5) is 10.1. The number of aryl methyl sites for hydroxylation is 1. The molecule has 5 nitrogen and oxygen atoms in total. The van der Waals surface area contributed by atoms with E-state index in [1.165, 1.54) is 7.11 Å². The molecule has 0 saturated heterocycles. The molecule has 96 valence electrons. The summed E-state index contributed by atoms with van der Waals surface area (Å²) in [5.41, 5.74) is 2.03. The van der Waals surface area contributed by atoms with Crippen LogP contribution in [0, 0.1) is 6.92 Å². The Balaban J connectivity index is 2.16. The fraction of sp³-hybridized carbons (Fsp3) is 0.167. The minimum absolute atomic E-state index is 0.352. The standard InChI is InChI=1S/C12H9ClN4OS/c1-6-8-3-9(13)16-17-11(8)19-10(6)7-4-14-12(18-2)15-5-7/h3-5H,1-2H3. The Kier molecular flexibility index (Phi) is 3.04. The highest BCUT2D eigenvalue weighted by atomic mass is 35.5. The number of fused-ring (bicyclic) bond motifs is 1.